The van der Waals surface area contributed by atoms with Gasteiger partial charge in [0.2, 0.25) is 0 Å². The van der Waals surface area contributed by atoms with Gasteiger partial charge in [0.1, 0.15) is 0 Å². The smallest absolute Gasteiger partial charge is 0.0717 e. The Balaban J connectivity index is 1.72. The molecule has 0 radical (unpaired) electrons. The number of rotatable bonds is 4. The molecule has 1 fully saturated rings. The van der Waals surface area contributed by atoms with Crippen molar-refractivity contribution in [1.29, 1.82) is 0 Å². The van der Waals surface area contributed by atoms with Crippen molar-refractivity contribution in [3.05, 3.63) is 35.9 Å². The number of hydrogen-bond acceptors (Lipinski definition) is 2. The monoisotopic (exact) mass is 180 g/mol. The van der Waals surface area contributed by atoms with Crippen molar-refractivity contribution < 1.29 is 4.74 Å². The summed E-state index contributed by atoms with van der Waals surface area (Å²) < 4.78 is 5.52. The van der Waals surface area contributed by atoms with E-state index in [4.69, 9.17) is 4.74 Å². The Labute approximate surface area is 77.1 Å². The third-order valence-electron chi connectivity index (χ3n) is 1.82. The maximum atomic E-state index is 5.52. The van der Waals surface area contributed by atoms with Gasteiger partial charge in [0.05, 0.1) is 13.2 Å². The first-order chi connectivity index (χ1) is 5.95. The molecule has 12 heavy (non-hydrogen) atoms. The number of hydrogen-bond donors (Lipinski definition) is 0. The molecule has 1 nitrogen and oxygen atoms in total. The lowest BCUT2D eigenvalue weighted by atomic mass is 10.2. The van der Waals surface area contributed by atoms with Gasteiger partial charge in [-0.1, -0.05) is 30.3 Å². The maximum Gasteiger partial charge on any atom is 0.0717 e. The molecule has 0 aromatic heterocycles. The first-order valence-corrected chi connectivity index (χ1v) is 5.23. The molecule has 1 aliphatic heterocycles. The van der Waals surface area contributed by atoms with Crippen LogP contribution in [0.4, 0.5) is 0 Å². The quantitative estimate of drug-likeness (QED) is 0.658. The maximum absolute atomic E-state index is 5.52. The molecular weight excluding hydrogens is 168 g/mol. The molecule has 0 amide bonds. The third kappa shape index (κ3) is 2.54. The molecule has 1 saturated heterocycles. The van der Waals surface area contributed by atoms with Crippen molar-refractivity contribution in [3.8, 4) is 0 Å². The molecule has 1 unspecified atom stereocenters. The average Bonchev–Trinajstić information content (AvgIpc) is 2.90. The highest BCUT2D eigenvalue weighted by Crippen LogP contribution is 2.30. The van der Waals surface area contributed by atoms with Crippen LogP contribution in [-0.2, 0) is 11.3 Å². The van der Waals surface area contributed by atoms with Gasteiger partial charge in [-0.05, 0) is 5.56 Å². The highest BCUT2D eigenvalue weighted by molar-refractivity contribution is 8.06. The highest BCUT2D eigenvalue weighted by Gasteiger charge is 2.21. The zero-order chi connectivity index (χ0) is 8.23. The molecule has 2 rings (SSSR count). The van der Waals surface area contributed by atoms with Crippen LogP contribution in [0.5, 0.6) is 0 Å². The van der Waals surface area contributed by atoms with E-state index in [9.17, 15) is 0 Å². The van der Waals surface area contributed by atoms with Crippen LogP contribution < -0.4 is 0 Å². The van der Waals surface area contributed by atoms with Crippen LogP contribution in [0, 0.1) is 0 Å². The fourth-order valence-corrected chi connectivity index (χ4v) is 1.47. The van der Waals surface area contributed by atoms with Gasteiger partial charge in [-0.3, -0.25) is 0 Å². The minimum atomic E-state index is 0.762. The topological polar surface area (TPSA) is 9.23 Å². The van der Waals surface area contributed by atoms with Crippen molar-refractivity contribution in [2.24, 2.45) is 0 Å². The van der Waals surface area contributed by atoms with Crippen LogP contribution in [0.15, 0.2) is 30.3 Å². The van der Waals surface area contributed by atoms with Crippen LogP contribution in [0.25, 0.3) is 0 Å². The largest absolute Gasteiger partial charge is 0.376 e. The van der Waals surface area contributed by atoms with Gasteiger partial charge >= 0.3 is 0 Å². The third-order valence-corrected chi connectivity index (χ3v) is 2.76. The van der Waals surface area contributed by atoms with Crippen molar-refractivity contribution in [1.82, 2.24) is 0 Å². The Morgan fingerprint density at radius 2 is 2.08 bits per heavy atom. The summed E-state index contributed by atoms with van der Waals surface area (Å²) in [5, 5.41) is 0.786. The molecule has 0 spiro atoms. The van der Waals surface area contributed by atoms with E-state index in [1.54, 1.807) is 0 Å². The zero-order valence-corrected chi connectivity index (χ0v) is 7.72. The summed E-state index contributed by atoms with van der Waals surface area (Å²) in [6.07, 6.45) is 0. The molecule has 0 bridgehead atoms. The van der Waals surface area contributed by atoms with Crippen LogP contribution in [-0.4, -0.2) is 17.6 Å². The highest BCUT2D eigenvalue weighted by atomic mass is 32.2. The second-order valence-electron chi connectivity index (χ2n) is 2.96. The van der Waals surface area contributed by atoms with Gasteiger partial charge in [-0.15, -0.1) is 0 Å². The summed E-state index contributed by atoms with van der Waals surface area (Å²) in [5.74, 6) is 1.29. The van der Waals surface area contributed by atoms with Crippen LogP contribution in [0.1, 0.15) is 5.56 Å². The van der Waals surface area contributed by atoms with Gasteiger partial charge in [-0.25, -0.2) is 0 Å². The van der Waals surface area contributed by atoms with Crippen molar-refractivity contribution in [3.63, 3.8) is 0 Å². The van der Waals surface area contributed by atoms with Gasteiger partial charge in [0.25, 0.3) is 0 Å². The summed E-state index contributed by atoms with van der Waals surface area (Å²) in [4.78, 5) is 0. The van der Waals surface area contributed by atoms with E-state index in [-0.39, 0.29) is 0 Å². The van der Waals surface area contributed by atoms with Crippen LogP contribution >= 0.6 is 11.8 Å². The second-order valence-corrected chi connectivity index (χ2v) is 4.29. The van der Waals surface area contributed by atoms with Gasteiger partial charge in [-0.2, -0.15) is 11.8 Å². The summed E-state index contributed by atoms with van der Waals surface area (Å²) >= 11 is 1.98. The van der Waals surface area contributed by atoms with Crippen molar-refractivity contribution in [2.45, 2.75) is 11.9 Å². The fourth-order valence-electron chi connectivity index (χ4n) is 1.05. The molecular formula is C10H12OS. The second kappa shape index (κ2) is 3.97. The Kier molecular flexibility index (Phi) is 2.69. The number of thioether (sulfide) groups is 1. The normalized spacial score (nSPS) is 20.8. The van der Waals surface area contributed by atoms with E-state index in [2.05, 4.69) is 12.1 Å². The van der Waals surface area contributed by atoms with Crippen molar-refractivity contribution >= 4 is 11.8 Å². The van der Waals surface area contributed by atoms with E-state index in [0.29, 0.717) is 0 Å². The molecule has 1 aromatic rings. The lowest BCUT2D eigenvalue weighted by molar-refractivity contribution is 0.128. The minimum absolute atomic E-state index is 0.762. The predicted octanol–water partition coefficient (Wildman–Crippen LogP) is 2.32. The first kappa shape index (κ1) is 8.14. The van der Waals surface area contributed by atoms with Gasteiger partial charge in [0.15, 0.2) is 0 Å². The van der Waals surface area contributed by atoms with Crippen LogP contribution in [0.2, 0.25) is 0 Å². The Hall–Kier alpha value is -0.470. The molecule has 1 aliphatic rings. The Morgan fingerprint density at radius 3 is 2.75 bits per heavy atom. The molecule has 0 saturated carbocycles. The number of benzene rings is 1. The van der Waals surface area contributed by atoms with Crippen LogP contribution in [0.3, 0.4) is 0 Å². The first-order valence-electron chi connectivity index (χ1n) is 4.18. The van der Waals surface area contributed by atoms with E-state index in [0.717, 1.165) is 18.5 Å². The molecule has 1 atom stereocenters. The Bertz CT molecular complexity index is 231. The average molecular weight is 180 g/mol. The van der Waals surface area contributed by atoms with Gasteiger partial charge in [0, 0.05) is 11.0 Å². The lowest BCUT2D eigenvalue weighted by Crippen LogP contribution is -1.99. The molecule has 2 heteroatoms. The summed E-state index contributed by atoms with van der Waals surface area (Å²) in [5.41, 5.74) is 1.27. The van der Waals surface area contributed by atoms with E-state index in [1.165, 1.54) is 11.3 Å². The lowest BCUT2D eigenvalue weighted by Gasteiger charge is -2.01. The minimum Gasteiger partial charge on any atom is -0.376 e. The summed E-state index contributed by atoms with van der Waals surface area (Å²) in [6.45, 7) is 1.68. The molecule has 1 heterocycles. The fraction of sp³-hybridized carbons (Fsp3) is 0.400. The summed E-state index contributed by atoms with van der Waals surface area (Å²) in [6, 6.07) is 10.3. The standard InChI is InChI=1S/C10H12OS/c1-2-4-9(5-3-1)6-11-7-10-8-12-10/h1-5,10H,6-8H2. The molecule has 0 aliphatic carbocycles. The van der Waals surface area contributed by atoms with E-state index in [1.807, 2.05) is 30.0 Å². The molecule has 1 aromatic carbocycles. The predicted molar refractivity (Wildman–Crippen MR) is 52.3 cm³/mol. The number of ether oxygens (including phenoxy) is 1. The summed E-state index contributed by atoms with van der Waals surface area (Å²) in [7, 11) is 0. The zero-order valence-electron chi connectivity index (χ0n) is 6.90. The van der Waals surface area contributed by atoms with Gasteiger partial charge < -0.3 is 4.74 Å². The Morgan fingerprint density at radius 1 is 1.33 bits per heavy atom. The van der Waals surface area contributed by atoms with E-state index < -0.39 is 0 Å². The SMILES string of the molecule is c1ccc(COCC2CS2)cc1. The molecule has 64 valence electrons. The molecule has 0 N–H and O–H groups in total. The van der Waals surface area contributed by atoms with E-state index >= 15 is 0 Å². The van der Waals surface area contributed by atoms with Crippen molar-refractivity contribution in [2.75, 3.05) is 12.4 Å².